The summed E-state index contributed by atoms with van der Waals surface area (Å²) < 4.78 is 24.0. The Morgan fingerprint density at radius 3 is 2.75 bits per heavy atom. The molecule has 1 aliphatic heterocycles. The molecule has 0 spiro atoms. The zero-order valence-corrected chi connectivity index (χ0v) is 13.1. The van der Waals surface area contributed by atoms with Crippen molar-refractivity contribution in [3.05, 3.63) is 38.3 Å². The van der Waals surface area contributed by atoms with Crippen LogP contribution in [0.2, 0.25) is 0 Å². The number of nitro benzene ring substituents is 1. The molecule has 1 unspecified atom stereocenters. The van der Waals surface area contributed by atoms with Crippen LogP contribution in [0.3, 0.4) is 0 Å². The summed E-state index contributed by atoms with van der Waals surface area (Å²) in [4.78, 5) is 10.3. The van der Waals surface area contributed by atoms with Crippen LogP contribution < -0.4 is 5.32 Å². The molecule has 1 atom stereocenters. The summed E-state index contributed by atoms with van der Waals surface area (Å²) >= 11 is 3.23. The lowest BCUT2D eigenvalue weighted by atomic mass is 10.2. The molecule has 1 saturated heterocycles. The number of benzene rings is 1. The number of nitro groups is 1. The number of halogens is 1. The first kappa shape index (κ1) is 15.4. The van der Waals surface area contributed by atoms with Crippen molar-refractivity contribution in [3.63, 3.8) is 0 Å². The molecule has 0 amide bonds. The molecule has 6 nitrogen and oxygen atoms in total. The average Bonchev–Trinajstić information content (AvgIpc) is 2.68. The van der Waals surface area contributed by atoms with Crippen LogP contribution in [0, 0.1) is 10.1 Å². The molecule has 110 valence electrons. The van der Waals surface area contributed by atoms with Gasteiger partial charge < -0.3 is 5.32 Å². The van der Waals surface area contributed by atoms with Crippen molar-refractivity contribution < 1.29 is 13.3 Å². The van der Waals surface area contributed by atoms with E-state index in [1.165, 1.54) is 12.1 Å². The first-order valence-corrected chi connectivity index (χ1v) is 8.75. The minimum atomic E-state index is -2.95. The Labute approximate surface area is 125 Å². The van der Waals surface area contributed by atoms with Gasteiger partial charge in [0.05, 0.1) is 15.9 Å². The molecule has 1 heterocycles. The number of rotatable bonds is 5. The molecule has 0 saturated carbocycles. The summed E-state index contributed by atoms with van der Waals surface area (Å²) in [7, 11) is -2.95. The van der Waals surface area contributed by atoms with Crippen molar-refractivity contribution >= 4 is 31.5 Å². The third-order valence-electron chi connectivity index (χ3n) is 3.32. The molecular formula is C12H15BrN2O4S. The number of nitrogens with zero attached hydrogens (tertiary/aromatic N) is 1. The quantitative estimate of drug-likeness (QED) is 0.639. The molecule has 1 N–H and O–H groups in total. The van der Waals surface area contributed by atoms with Crippen LogP contribution in [-0.2, 0) is 16.4 Å². The van der Waals surface area contributed by atoms with Gasteiger partial charge in [0.1, 0.15) is 0 Å². The van der Waals surface area contributed by atoms with Crippen molar-refractivity contribution in [2.75, 3.05) is 12.3 Å². The summed E-state index contributed by atoms with van der Waals surface area (Å²) in [5, 5.41) is 13.5. The first-order chi connectivity index (χ1) is 9.38. The molecule has 0 radical (unpaired) electrons. The van der Waals surface area contributed by atoms with Gasteiger partial charge in [0.2, 0.25) is 0 Å². The van der Waals surface area contributed by atoms with E-state index in [0.29, 0.717) is 24.0 Å². The monoisotopic (exact) mass is 362 g/mol. The second-order valence-electron chi connectivity index (χ2n) is 4.84. The maximum atomic E-state index is 11.7. The van der Waals surface area contributed by atoms with E-state index in [4.69, 9.17) is 0 Å². The van der Waals surface area contributed by atoms with Crippen LogP contribution in [0.5, 0.6) is 0 Å². The summed E-state index contributed by atoms with van der Waals surface area (Å²) in [6.07, 6.45) is 1.41. The molecule has 0 aliphatic carbocycles. The van der Waals surface area contributed by atoms with E-state index >= 15 is 0 Å². The predicted molar refractivity (Wildman–Crippen MR) is 79.3 cm³/mol. The Balaban J connectivity index is 1.96. The Kier molecular flexibility index (Phi) is 4.77. The Morgan fingerprint density at radius 2 is 2.15 bits per heavy atom. The smallest absolute Gasteiger partial charge is 0.270 e. The number of non-ortho nitro benzene ring substituents is 1. The van der Waals surface area contributed by atoms with Gasteiger partial charge in [-0.15, -0.1) is 0 Å². The van der Waals surface area contributed by atoms with Crippen LogP contribution >= 0.6 is 15.9 Å². The number of nitrogens with one attached hydrogen (secondary N) is 1. The molecule has 1 aliphatic rings. The molecule has 0 aromatic heterocycles. The van der Waals surface area contributed by atoms with Crippen molar-refractivity contribution in [1.29, 1.82) is 0 Å². The van der Waals surface area contributed by atoms with Gasteiger partial charge >= 0.3 is 0 Å². The fraction of sp³-hybridized carbons (Fsp3) is 0.500. The SMILES string of the molecule is O=[N+]([O-])c1cc(Br)cc(CNCC2CCCS2(=O)=O)c1. The van der Waals surface area contributed by atoms with E-state index in [1.54, 1.807) is 6.07 Å². The minimum absolute atomic E-state index is 0.0182. The summed E-state index contributed by atoms with van der Waals surface area (Å²) in [6, 6.07) is 4.70. The van der Waals surface area contributed by atoms with Crippen molar-refractivity contribution in [2.24, 2.45) is 0 Å². The van der Waals surface area contributed by atoms with Gasteiger partial charge in [-0.25, -0.2) is 8.42 Å². The third-order valence-corrected chi connectivity index (χ3v) is 6.05. The van der Waals surface area contributed by atoms with Gasteiger partial charge in [-0.2, -0.15) is 0 Å². The van der Waals surface area contributed by atoms with Crippen LogP contribution in [0.4, 0.5) is 5.69 Å². The molecule has 1 fully saturated rings. The average molecular weight is 363 g/mol. The third kappa shape index (κ3) is 3.77. The van der Waals surface area contributed by atoms with E-state index < -0.39 is 14.8 Å². The van der Waals surface area contributed by atoms with Gasteiger partial charge in [-0.1, -0.05) is 15.9 Å². The minimum Gasteiger partial charge on any atom is -0.311 e. The van der Waals surface area contributed by atoms with Gasteiger partial charge in [-0.3, -0.25) is 10.1 Å². The van der Waals surface area contributed by atoms with E-state index in [1.807, 2.05) is 0 Å². The van der Waals surface area contributed by atoms with Crippen LogP contribution in [0.25, 0.3) is 0 Å². The lowest BCUT2D eigenvalue weighted by Gasteiger charge is -2.11. The van der Waals surface area contributed by atoms with Gasteiger partial charge in [0, 0.05) is 29.7 Å². The normalized spacial score (nSPS) is 20.9. The van der Waals surface area contributed by atoms with Gasteiger partial charge in [-0.05, 0) is 24.5 Å². The Bertz CT molecular complexity index is 618. The highest BCUT2D eigenvalue weighted by Crippen LogP contribution is 2.22. The standard InChI is InChI=1S/C12H15BrN2O4S/c13-10-4-9(5-11(6-10)15(16)17)7-14-8-12-2-1-3-20(12,18)19/h4-6,12,14H,1-3,7-8H2. The van der Waals surface area contributed by atoms with Crippen molar-refractivity contribution in [3.8, 4) is 0 Å². The summed E-state index contributed by atoms with van der Waals surface area (Å²) in [6.45, 7) is 0.801. The fourth-order valence-corrected chi connectivity index (χ4v) is 4.63. The van der Waals surface area contributed by atoms with Crippen LogP contribution in [-0.4, -0.2) is 30.9 Å². The Morgan fingerprint density at radius 1 is 1.40 bits per heavy atom. The zero-order chi connectivity index (χ0) is 14.8. The number of hydrogen-bond donors (Lipinski definition) is 1. The largest absolute Gasteiger partial charge is 0.311 e. The van der Waals surface area contributed by atoms with Crippen molar-refractivity contribution in [1.82, 2.24) is 5.32 Å². The maximum absolute atomic E-state index is 11.7. The second-order valence-corrected chi connectivity index (χ2v) is 8.15. The first-order valence-electron chi connectivity index (χ1n) is 6.24. The van der Waals surface area contributed by atoms with Crippen molar-refractivity contribution in [2.45, 2.75) is 24.6 Å². The van der Waals surface area contributed by atoms with E-state index in [0.717, 1.165) is 12.0 Å². The second kappa shape index (κ2) is 6.19. The Hall–Kier alpha value is -0.990. The van der Waals surface area contributed by atoms with Crippen LogP contribution in [0.1, 0.15) is 18.4 Å². The molecule has 20 heavy (non-hydrogen) atoms. The fourth-order valence-electron chi connectivity index (χ4n) is 2.31. The topological polar surface area (TPSA) is 89.3 Å². The maximum Gasteiger partial charge on any atom is 0.270 e. The lowest BCUT2D eigenvalue weighted by molar-refractivity contribution is -0.385. The predicted octanol–water partition coefficient (Wildman–Crippen LogP) is 2.02. The summed E-state index contributed by atoms with van der Waals surface area (Å²) in [5.41, 5.74) is 0.770. The zero-order valence-electron chi connectivity index (χ0n) is 10.7. The van der Waals surface area contributed by atoms with Crippen LogP contribution in [0.15, 0.2) is 22.7 Å². The van der Waals surface area contributed by atoms with Gasteiger partial charge in [0.15, 0.2) is 9.84 Å². The lowest BCUT2D eigenvalue weighted by Crippen LogP contribution is -2.30. The molecule has 0 bridgehead atoms. The highest BCUT2D eigenvalue weighted by Gasteiger charge is 2.30. The van der Waals surface area contributed by atoms with E-state index in [-0.39, 0.29) is 16.7 Å². The van der Waals surface area contributed by atoms with E-state index in [9.17, 15) is 18.5 Å². The number of hydrogen-bond acceptors (Lipinski definition) is 5. The molecule has 1 aromatic rings. The van der Waals surface area contributed by atoms with Gasteiger partial charge in [0.25, 0.3) is 5.69 Å². The molecule has 1 aromatic carbocycles. The highest BCUT2D eigenvalue weighted by atomic mass is 79.9. The summed E-state index contributed by atoms with van der Waals surface area (Å²) in [5.74, 6) is 0.266. The molecular weight excluding hydrogens is 348 g/mol. The molecule has 8 heteroatoms. The molecule has 2 rings (SSSR count). The highest BCUT2D eigenvalue weighted by molar-refractivity contribution is 9.10. The van der Waals surface area contributed by atoms with E-state index in [2.05, 4.69) is 21.2 Å². The number of sulfone groups is 1.